The van der Waals surface area contributed by atoms with Crippen LogP contribution in [0.25, 0.3) is 0 Å². The van der Waals surface area contributed by atoms with Gasteiger partial charge >= 0.3 is 0 Å². The van der Waals surface area contributed by atoms with E-state index in [-0.39, 0.29) is 5.60 Å². The fourth-order valence-corrected chi connectivity index (χ4v) is 2.68. The van der Waals surface area contributed by atoms with E-state index in [4.69, 9.17) is 4.74 Å². The summed E-state index contributed by atoms with van der Waals surface area (Å²) < 4.78 is 5.83. The highest BCUT2D eigenvalue weighted by Gasteiger charge is 2.47. The van der Waals surface area contributed by atoms with Crippen molar-refractivity contribution in [3.63, 3.8) is 0 Å². The summed E-state index contributed by atoms with van der Waals surface area (Å²) in [6.07, 6.45) is 5.15. The molecule has 1 heterocycles. The summed E-state index contributed by atoms with van der Waals surface area (Å²) in [5, 5.41) is 0. The lowest BCUT2D eigenvalue weighted by atomic mass is 9.70. The molecule has 1 nitrogen and oxygen atoms in total. The fourth-order valence-electron chi connectivity index (χ4n) is 2.68. The van der Waals surface area contributed by atoms with Gasteiger partial charge in [-0.2, -0.15) is 0 Å². The van der Waals surface area contributed by atoms with Gasteiger partial charge in [0.05, 0.1) is 12.2 Å². The Morgan fingerprint density at radius 1 is 1.38 bits per heavy atom. The SMILES string of the molecule is CCCC(CC)C1(C)OCC1CC. The average Bonchev–Trinajstić information content (AvgIpc) is 2.12. The van der Waals surface area contributed by atoms with E-state index < -0.39 is 0 Å². The first kappa shape index (κ1) is 11.0. The van der Waals surface area contributed by atoms with E-state index in [2.05, 4.69) is 27.7 Å². The van der Waals surface area contributed by atoms with Gasteiger partial charge in [-0.3, -0.25) is 0 Å². The van der Waals surface area contributed by atoms with E-state index in [9.17, 15) is 0 Å². The van der Waals surface area contributed by atoms with E-state index >= 15 is 0 Å². The normalized spacial score (nSPS) is 35.5. The van der Waals surface area contributed by atoms with Crippen molar-refractivity contribution < 1.29 is 4.74 Å². The zero-order valence-corrected chi connectivity index (χ0v) is 9.60. The van der Waals surface area contributed by atoms with Crippen molar-refractivity contribution in [2.75, 3.05) is 6.61 Å². The van der Waals surface area contributed by atoms with Crippen molar-refractivity contribution in [3.8, 4) is 0 Å². The van der Waals surface area contributed by atoms with Gasteiger partial charge in [0.15, 0.2) is 0 Å². The molecule has 0 bridgehead atoms. The van der Waals surface area contributed by atoms with Gasteiger partial charge in [0.2, 0.25) is 0 Å². The molecule has 1 saturated heterocycles. The molecular weight excluding hydrogens is 160 g/mol. The van der Waals surface area contributed by atoms with Crippen molar-refractivity contribution in [1.82, 2.24) is 0 Å². The molecule has 0 aromatic rings. The number of hydrogen-bond donors (Lipinski definition) is 0. The molecule has 0 N–H and O–H groups in total. The molecule has 0 aliphatic carbocycles. The lowest BCUT2D eigenvalue weighted by molar-refractivity contribution is -0.225. The number of rotatable bonds is 5. The highest BCUT2D eigenvalue weighted by atomic mass is 16.5. The molecule has 1 heteroatoms. The van der Waals surface area contributed by atoms with Crippen LogP contribution in [-0.4, -0.2) is 12.2 Å². The number of ether oxygens (including phenoxy) is 1. The smallest absolute Gasteiger partial charge is 0.0732 e. The van der Waals surface area contributed by atoms with Crippen molar-refractivity contribution in [2.45, 2.75) is 59.0 Å². The van der Waals surface area contributed by atoms with Crippen molar-refractivity contribution >= 4 is 0 Å². The monoisotopic (exact) mass is 184 g/mol. The van der Waals surface area contributed by atoms with E-state index in [1.165, 1.54) is 25.7 Å². The second-order valence-corrected chi connectivity index (χ2v) is 4.49. The molecule has 3 unspecified atom stereocenters. The predicted octanol–water partition coefficient (Wildman–Crippen LogP) is 3.63. The summed E-state index contributed by atoms with van der Waals surface area (Å²) in [5.41, 5.74) is 0.208. The summed E-state index contributed by atoms with van der Waals surface area (Å²) >= 11 is 0. The Balaban J connectivity index is 2.55. The Hall–Kier alpha value is -0.0400. The minimum atomic E-state index is 0.208. The van der Waals surface area contributed by atoms with Gasteiger partial charge in [-0.1, -0.05) is 33.6 Å². The molecule has 0 aromatic heterocycles. The summed E-state index contributed by atoms with van der Waals surface area (Å²) in [5.74, 6) is 1.58. The van der Waals surface area contributed by atoms with Gasteiger partial charge in [0, 0.05) is 5.92 Å². The van der Waals surface area contributed by atoms with E-state index in [1.54, 1.807) is 0 Å². The largest absolute Gasteiger partial charge is 0.374 e. The second kappa shape index (κ2) is 4.45. The third-order valence-electron chi connectivity index (χ3n) is 3.84. The summed E-state index contributed by atoms with van der Waals surface area (Å²) in [7, 11) is 0. The molecule has 1 aliphatic rings. The maximum Gasteiger partial charge on any atom is 0.0732 e. The van der Waals surface area contributed by atoms with Crippen LogP contribution in [-0.2, 0) is 4.74 Å². The van der Waals surface area contributed by atoms with Crippen LogP contribution in [0, 0.1) is 11.8 Å². The van der Waals surface area contributed by atoms with Crippen molar-refractivity contribution in [1.29, 1.82) is 0 Å². The van der Waals surface area contributed by atoms with Gasteiger partial charge in [-0.05, 0) is 25.7 Å². The van der Waals surface area contributed by atoms with Crippen LogP contribution in [0.4, 0.5) is 0 Å². The Kier molecular flexibility index (Phi) is 3.78. The highest BCUT2D eigenvalue weighted by molar-refractivity contribution is 4.95. The van der Waals surface area contributed by atoms with Gasteiger partial charge in [-0.15, -0.1) is 0 Å². The van der Waals surface area contributed by atoms with Crippen LogP contribution >= 0.6 is 0 Å². The fraction of sp³-hybridized carbons (Fsp3) is 1.00. The first-order chi connectivity index (χ1) is 6.19. The molecule has 0 aromatic carbocycles. The minimum Gasteiger partial charge on any atom is -0.374 e. The van der Waals surface area contributed by atoms with Crippen LogP contribution < -0.4 is 0 Å². The molecule has 78 valence electrons. The lowest BCUT2D eigenvalue weighted by Crippen LogP contribution is -2.55. The molecule has 1 fully saturated rings. The predicted molar refractivity (Wildman–Crippen MR) is 56.8 cm³/mol. The number of hydrogen-bond acceptors (Lipinski definition) is 1. The quantitative estimate of drug-likeness (QED) is 0.634. The summed E-state index contributed by atoms with van der Waals surface area (Å²) in [6, 6.07) is 0. The maximum absolute atomic E-state index is 5.83. The molecule has 1 aliphatic heterocycles. The molecule has 13 heavy (non-hydrogen) atoms. The van der Waals surface area contributed by atoms with Crippen LogP contribution in [0.3, 0.4) is 0 Å². The minimum absolute atomic E-state index is 0.208. The van der Waals surface area contributed by atoms with Crippen LogP contribution in [0.2, 0.25) is 0 Å². The molecule has 0 amide bonds. The summed E-state index contributed by atoms with van der Waals surface area (Å²) in [4.78, 5) is 0. The zero-order chi connectivity index (χ0) is 9.90. The molecule has 0 radical (unpaired) electrons. The van der Waals surface area contributed by atoms with Crippen LogP contribution in [0.15, 0.2) is 0 Å². The summed E-state index contributed by atoms with van der Waals surface area (Å²) in [6.45, 7) is 10.2. The highest BCUT2D eigenvalue weighted by Crippen LogP contribution is 2.44. The van der Waals surface area contributed by atoms with Gasteiger partial charge in [0.25, 0.3) is 0 Å². The van der Waals surface area contributed by atoms with Crippen molar-refractivity contribution in [3.05, 3.63) is 0 Å². The third-order valence-corrected chi connectivity index (χ3v) is 3.84. The second-order valence-electron chi connectivity index (χ2n) is 4.49. The molecule has 3 atom stereocenters. The van der Waals surface area contributed by atoms with Crippen molar-refractivity contribution in [2.24, 2.45) is 11.8 Å². The maximum atomic E-state index is 5.83. The van der Waals surface area contributed by atoms with Gasteiger partial charge in [-0.25, -0.2) is 0 Å². The van der Waals surface area contributed by atoms with E-state index in [0.717, 1.165) is 18.4 Å². The average molecular weight is 184 g/mol. The molecule has 1 rings (SSSR count). The Morgan fingerprint density at radius 3 is 2.38 bits per heavy atom. The molecular formula is C12H24O. The van der Waals surface area contributed by atoms with Gasteiger partial charge < -0.3 is 4.74 Å². The Morgan fingerprint density at radius 2 is 2.08 bits per heavy atom. The Bertz CT molecular complexity index is 153. The zero-order valence-electron chi connectivity index (χ0n) is 9.60. The van der Waals surface area contributed by atoms with E-state index in [0.29, 0.717) is 0 Å². The standard InChI is InChI=1S/C12H24O/c1-5-8-10(6-2)12(4)11(7-3)9-13-12/h10-11H,5-9H2,1-4H3. The first-order valence-electron chi connectivity index (χ1n) is 5.82. The first-order valence-corrected chi connectivity index (χ1v) is 5.82. The Labute approximate surface area is 82.9 Å². The third kappa shape index (κ3) is 1.90. The topological polar surface area (TPSA) is 9.23 Å². The lowest BCUT2D eigenvalue weighted by Gasteiger charge is -2.51. The van der Waals surface area contributed by atoms with Crippen LogP contribution in [0.5, 0.6) is 0 Å². The molecule has 0 spiro atoms. The molecule has 0 saturated carbocycles. The van der Waals surface area contributed by atoms with E-state index in [1.807, 2.05) is 0 Å². The van der Waals surface area contributed by atoms with Gasteiger partial charge in [0.1, 0.15) is 0 Å². The van der Waals surface area contributed by atoms with Crippen LogP contribution in [0.1, 0.15) is 53.4 Å².